The number of piperidine rings is 1. The van der Waals surface area contributed by atoms with Crippen LogP contribution in [0.2, 0.25) is 0 Å². The van der Waals surface area contributed by atoms with Gasteiger partial charge in [-0.1, -0.05) is 27.2 Å². The van der Waals surface area contributed by atoms with Crippen molar-refractivity contribution >= 4 is 11.8 Å². The van der Waals surface area contributed by atoms with Crippen LogP contribution in [0.4, 0.5) is 0 Å². The number of methoxy groups -OCH3 is 1. The Bertz CT molecular complexity index is 1100. The lowest BCUT2D eigenvalue weighted by Crippen LogP contribution is -2.73. The second kappa shape index (κ2) is 11.3. The number of ether oxygens (including phenoxy) is 1. The minimum Gasteiger partial charge on any atom is -0.497 e. The van der Waals surface area contributed by atoms with E-state index in [1.54, 1.807) is 7.11 Å². The smallest absolute Gasteiger partial charge is 0.246 e. The molecule has 0 aliphatic carbocycles. The zero-order chi connectivity index (χ0) is 26.7. The molecule has 8 nitrogen and oxygen atoms in total. The van der Waals surface area contributed by atoms with E-state index >= 15 is 0 Å². The first-order valence-electron chi connectivity index (χ1n) is 13.7. The van der Waals surface area contributed by atoms with Gasteiger partial charge in [-0.25, -0.2) is 4.68 Å². The van der Waals surface area contributed by atoms with Gasteiger partial charge in [-0.2, -0.15) is 5.10 Å². The molecule has 1 spiro atoms. The van der Waals surface area contributed by atoms with E-state index in [-0.39, 0.29) is 11.8 Å². The Balaban J connectivity index is 1.49. The SMILES string of the molecule is CCCCN1C(=O)C(CC(C)C)NC(=O)C12CCN(Cc1c(C)nn(-c3ccc(OC)cc3)c1C)CC2. The summed E-state index contributed by atoms with van der Waals surface area (Å²) in [7, 11) is 1.67. The summed E-state index contributed by atoms with van der Waals surface area (Å²) in [6, 6.07) is 7.53. The number of benzene rings is 1. The number of hydrogen-bond acceptors (Lipinski definition) is 5. The van der Waals surface area contributed by atoms with E-state index in [9.17, 15) is 9.59 Å². The molecule has 37 heavy (non-hydrogen) atoms. The molecule has 0 bridgehead atoms. The van der Waals surface area contributed by atoms with Gasteiger partial charge in [0.15, 0.2) is 0 Å². The van der Waals surface area contributed by atoms with Crippen molar-refractivity contribution in [3.63, 3.8) is 0 Å². The summed E-state index contributed by atoms with van der Waals surface area (Å²) >= 11 is 0. The van der Waals surface area contributed by atoms with Crippen molar-refractivity contribution in [2.24, 2.45) is 5.92 Å². The third kappa shape index (κ3) is 5.40. The molecule has 1 atom stereocenters. The second-order valence-corrected chi connectivity index (χ2v) is 11.1. The van der Waals surface area contributed by atoms with Gasteiger partial charge in [0.1, 0.15) is 17.3 Å². The minimum atomic E-state index is -0.729. The largest absolute Gasteiger partial charge is 0.497 e. The van der Waals surface area contributed by atoms with Gasteiger partial charge in [0.05, 0.1) is 18.5 Å². The summed E-state index contributed by atoms with van der Waals surface area (Å²) in [5.74, 6) is 1.31. The molecule has 1 N–H and O–H groups in total. The Morgan fingerprint density at radius 2 is 1.81 bits per heavy atom. The van der Waals surface area contributed by atoms with Crippen molar-refractivity contribution in [3.05, 3.63) is 41.2 Å². The lowest BCUT2D eigenvalue weighted by molar-refractivity contribution is -0.161. The minimum absolute atomic E-state index is 0.0354. The van der Waals surface area contributed by atoms with Gasteiger partial charge in [0.25, 0.3) is 0 Å². The molecule has 2 aliphatic rings. The summed E-state index contributed by atoms with van der Waals surface area (Å²) in [4.78, 5) is 31.4. The van der Waals surface area contributed by atoms with Crippen molar-refractivity contribution in [2.45, 2.75) is 84.8 Å². The molecule has 2 aromatic rings. The van der Waals surface area contributed by atoms with Crippen LogP contribution < -0.4 is 10.1 Å². The van der Waals surface area contributed by atoms with Gasteiger partial charge in [0, 0.05) is 37.4 Å². The maximum Gasteiger partial charge on any atom is 0.246 e. The number of nitrogens with one attached hydrogen (secondary N) is 1. The summed E-state index contributed by atoms with van der Waals surface area (Å²) in [5.41, 5.74) is 3.63. The molecule has 2 amide bonds. The number of carbonyl (C=O) groups excluding carboxylic acids is 2. The standard InChI is InChI=1S/C29H43N5O3/c1-7-8-15-33-27(35)26(18-20(2)3)30-28(36)29(33)13-16-32(17-14-29)19-25-21(4)31-34(22(25)5)23-9-11-24(37-6)12-10-23/h9-12,20,26H,7-8,13-19H2,1-6H3,(H,30,36). The average molecular weight is 510 g/mol. The molecule has 2 fully saturated rings. The molecule has 1 aromatic carbocycles. The van der Waals surface area contributed by atoms with Crippen molar-refractivity contribution in [2.75, 3.05) is 26.7 Å². The number of amides is 2. The number of hydrogen-bond donors (Lipinski definition) is 1. The zero-order valence-corrected chi connectivity index (χ0v) is 23.3. The van der Waals surface area contributed by atoms with Gasteiger partial charge in [-0.15, -0.1) is 0 Å². The number of likely N-dealkylation sites (tertiary alicyclic amines) is 1. The molecule has 4 rings (SSSR count). The zero-order valence-electron chi connectivity index (χ0n) is 23.3. The molecule has 8 heteroatoms. The number of piperazine rings is 1. The number of carbonyl (C=O) groups is 2. The van der Waals surface area contributed by atoms with E-state index in [0.717, 1.165) is 55.3 Å². The molecule has 2 aliphatic heterocycles. The van der Waals surface area contributed by atoms with Crippen LogP contribution in [-0.4, -0.2) is 69.7 Å². The van der Waals surface area contributed by atoms with Crippen molar-refractivity contribution < 1.29 is 14.3 Å². The third-order valence-electron chi connectivity index (χ3n) is 8.07. The summed E-state index contributed by atoms with van der Waals surface area (Å²) in [6.07, 6.45) is 3.92. The molecule has 3 heterocycles. The molecule has 0 radical (unpaired) electrons. The maximum atomic E-state index is 13.5. The molecule has 2 saturated heterocycles. The van der Waals surface area contributed by atoms with Crippen LogP contribution in [0.3, 0.4) is 0 Å². The Morgan fingerprint density at radius 3 is 2.41 bits per heavy atom. The maximum absolute atomic E-state index is 13.5. The lowest BCUT2D eigenvalue weighted by atomic mass is 9.80. The number of nitrogens with zero attached hydrogens (tertiary/aromatic N) is 4. The third-order valence-corrected chi connectivity index (χ3v) is 8.07. The highest BCUT2D eigenvalue weighted by Gasteiger charge is 2.53. The Hall–Kier alpha value is -2.87. The highest BCUT2D eigenvalue weighted by molar-refractivity contribution is 6.00. The van der Waals surface area contributed by atoms with E-state index < -0.39 is 11.6 Å². The lowest BCUT2D eigenvalue weighted by Gasteiger charge is -2.52. The van der Waals surface area contributed by atoms with Crippen LogP contribution in [0.5, 0.6) is 5.75 Å². The Labute approximate surface area is 221 Å². The first kappa shape index (κ1) is 27.2. The van der Waals surface area contributed by atoms with Crippen LogP contribution >= 0.6 is 0 Å². The van der Waals surface area contributed by atoms with E-state index in [2.05, 4.69) is 44.8 Å². The van der Waals surface area contributed by atoms with Gasteiger partial charge in [-0.3, -0.25) is 14.5 Å². The predicted octanol–water partition coefficient (Wildman–Crippen LogP) is 4.01. The molecule has 1 aromatic heterocycles. The summed E-state index contributed by atoms with van der Waals surface area (Å²) < 4.78 is 7.28. The van der Waals surface area contributed by atoms with Crippen molar-refractivity contribution in [3.8, 4) is 11.4 Å². The second-order valence-electron chi connectivity index (χ2n) is 11.1. The molecule has 0 saturated carbocycles. The predicted molar refractivity (Wildman–Crippen MR) is 145 cm³/mol. The van der Waals surface area contributed by atoms with Gasteiger partial charge in [0.2, 0.25) is 11.8 Å². The van der Waals surface area contributed by atoms with Crippen molar-refractivity contribution in [1.82, 2.24) is 24.9 Å². The molecule has 202 valence electrons. The number of aryl methyl sites for hydroxylation is 1. The van der Waals surface area contributed by atoms with E-state index in [1.165, 1.54) is 5.56 Å². The average Bonchev–Trinajstić information content (AvgIpc) is 3.16. The van der Waals surface area contributed by atoms with Gasteiger partial charge >= 0.3 is 0 Å². The number of aromatic nitrogens is 2. The summed E-state index contributed by atoms with van der Waals surface area (Å²) in [5, 5.41) is 7.92. The van der Waals surface area contributed by atoms with Gasteiger partial charge in [-0.05, 0) is 69.7 Å². The van der Waals surface area contributed by atoms with Crippen molar-refractivity contribution in [1.29, 1.82) is 0 Å². The van der Waals surface area contributed by atoms with E-state index in [4.69, 9.17) is 9.84 Å². The first-order valence-corrected chi connectivity index (χ1v) is 13.7. The highest BCUT2D eigenvalue weighted by atomic mass is 16.5. The van der Waals surface area contributed by atoms with Crippen LogP contribution in [0.25, 0.3) is 5.69 Å². The van der Waals surface area contributed by atoms with Crippen LogP contribution in [-0.2, 0) is 16.1 Å². The number of unbranched alkanes of at least 4 members (excludes halogenated alkanes) is 1. The monoisotopic (exact) mass is 509 g/mol. The fourth-order valence-electron chi connectivity index (χ4n) is 5.83. The Kier molecular flexibility index (Phi) is 8.26. The van der Waals surface area contributed by atoms with Crippen LogP contribution in [0, 0.1) is 19.8 Å². The van der Waals surface area contributed by atoms with E-state index in [0.29, 0.717) is 31.7 Å². The highest BCUT2D eigenvalue weighted by Crippen LogP contribution is 2.35. The number of rotatable bonds is 9. The fourth-order valence-corrected chi connectivity index (χ4v) is 5.83. The van der Waals surface area contributed by atoms with Crippen LogP contribution in [0.1, 0.15) is 69.8 Å². The van der Waals surface area contributed by atoms with Crippen LogP contribution in [0.15, 0.2) is 24.3 Å². The molecule has 1 unspecified atom stereocenters. The molecular weight excluding hydrogens is 466 g/mol. The molecular formula is C29H43N5O3. The summed E-state index contributed by atoms with van der Waals surface area (Å²) in [6.45, 7) is 13.5. The first-order chi connectivity index (χ1) is 17.7. The quantitative estimate of drug-likeness (QED) is 0.553. The van der Waals surface area contributed by atoms with E-state index in [1.807, 2.05) is 33.8 Å². The fraction of sp³-hybridized carbons (Fsp3) is 0.621. The Morgan fingerprint density at radius 1 is 1.14 bits per heavy atom. The topological polar surface area (TPSA) is 79.7 Å². The van der Waals surface area contributed by atoms with Gasteiger partial charge < -0.3 is 15.0 Å². The normalized spacial score (nSPS) is 20.1.